The molecule has 0 radical (unpaired) electrons. The number of amides is 3. The molecule has 2 atom stereocenters. The van der Waals surface area contributed by atoms with Gasteiger partial charge in [0.15, 0.2) is 5.82 Å². The molecule has 0 unspecified atom stereocenters. The number of hydrogen-bond acceptors (Lipinski definition) is 4. The molecule has 0 aliphatic carbocycles. The molecule has 2 N–H and O–H groups in total. The van der Waals surface area contributed by atoms with Gasteiger partial charge in [0.2, 0.25) is 0 Å². The Kier molecular flexibility index (Phi) is 6.22. The summed E-state index contributed by atoms with van der Waals surface area (Å²) in [5.41, 5.74) is 1.68. The van der Waals surface area contributed by atoms with Crippen LogP contribution in [0.3, 0.4) is 0 Å². The highest BCUT2D eigenvalue weighted by Gasteiger charge is 2.36. The van der Waals surface area contributed by atoms with E-state index in [0.717, 1.165) is 17.8 Å². The Bertz CT molecular complexity index is 1080. The third kappa shape index (κ3) is 3.99. The van der Waals surface area contributed by atoms with Crippen molar-refractivity contribution >= 4 is 33.6 Å². The molecule has 32 heavy (non-hydrogen) atoms. The molecule has 2 aromatic rings. The minimum atomic E-state index is -0.896. The topological polar surface area (TPSA) is 90.7 Å². The fraction of sp³-hybridized carbons (Fsp3) is 0.476. The predicted molar refractivity (Wildman–Crippen MR) is 116 cm³/mol. The van der Waals surface area contributed by atoms with E-state index < -0.39 is 23.8 Å². The first kappa shape index (κ1) is 22.7. The molecular weight excluding hydrogens is 488 g/mol. The van der Waals surface area contributed by atoms with Gasteiger partial charge in [0.05, 0.1) is 28.5 Å². The lowest BCUT2D eigenvalue weighted by Gasteiger charge is -2.28. The van der Waals surface area contributed by atoms with Gasteiger partial charge in [-0.05, 0) is 34.5 Å². The number of carbonyl (C=O) groups excluding carboxylic acids is 2. The van der Waals surface area contributed by atoms with Crippen molar-refractivity contribution < 1.29 is 23.5 Å². The molecule has 0 fully saturated rings. The summed E-state index contributed by atoms with van der Waals surface area (Å²) in [6.07, 6.45) is 0.466. The number of aliphatic hydroxyl groups is 1. The number of fused-ring (bicyclic) bond motifs is 3. The van der Waals surface area contributed by atoms with Crippen LogP contribution in [0, 0.1) is 17.6 Å². The normalized spacial score (nSPS) is 19.3. The van der Waals surface area contributed by atoms with Crippen molar-refractivity contribution in [2.75, 3.05) is 25.5 Å². The highest BCUT2D eigenvalue weighted by molar-refractivity contribution is 9.10. The molecule has 0 saturated heterocycles. The number of aliphatic hydroxyl groups excluding tert-OH is 1. The van der Waals surface area contributed by atoms with Crippen LogP contribution in [-0.2, 0) is 19.5 Å². The van der Waals surface area contributed by atoms with Crippen molar-refractivity contribution in [2.45, 2.75) is 39.0 Å². The fourth-order valence-electron chi connectivity index (χ4n) is 4.26. The van der Waals surface area contributed by atoms with Gasteiger partial charge in [-0.15, -0.1) is 0 Å². The van der Waals surface area contributed by atoms with E-state index in [1.807, 2.05) is 6.92 Å². The van der Waals surface area contributed by atoms with Crippen LogP contribution < -0.4 is 5.32 Å². The molecule has 2 aliphatic heterocycles. The minimum Gasteiger partial charge on any atom is -0.393 e. The Morgan fingerprint density at radius 3 is 2.84 bits per heavy atom. The van der Waals surface area contributed by atoms with Crippen molar-refractivity contribution in [2.24, 2.45) is 5.92 Å². The maximum absolute atomic E-state index is 14.3. The molecule has 172 valence electrons. The average Bonchev–Trinajstić information content (AvgIpc) is 3.08. The molecule has 0 saturated carbocycles. The van der Waals surface area contributed by atoms with Crippen LogP contribution in [0.25, 0.3) is 0 Å². The van der Waals surface area contributed by atoms with Crippen LogP contribution in [0.5, 0.6) is 0 Å². The summed E-state index contributed by atoms with van der Waals surface area (Å²) in [7, 11) is 1.69. The molecule has 1 aromatic heterocycles. The molecule has 4 rings (SSSR count). The Hall–Kier alpha value is -2.53. The molecule has 3 amide bonds. The lowest BCUT2D eigenvalue weighted by molar-refractivity contribution is 0.0626. The van der Waals surface area contributed by atoms with Gasteiger partial charge in [0.1, 0.15) is 11.5 Å². The number of nitrogens with one attached hydrogen (secondary N) is 1. The zero-order valence-electron chi connectivity index (χ0n) is 17.7. The maximum Gasteiger partial charge on any atom is 0.322 e. The van der Waals surface area contributed by atoms with Crippen molar-refractivity contribution in [3.63, 3.8) is 0 Å². The predicted octanol–water partition coefficient (Wildman–Crippen LogP) is 2.99. The van der Waals surface area contributed by atoms with Gasteiger partial charge >= 0.3 is 6.03 Å². The summed E-state index contributed by atoms with van der Waals surface area (Å²) in [5, 5.41) is 17.4. The van der Waals surface area contributed by atoms with E-state index in [2.05, 4.69) is 26.3 Å². The second-order valence-electron chi connectivity index (χ2n) is 8.20. The summed E-state index contributed by atoms with van der Waals surface area (Å²) in [6, 6.07) is 1.66. The highest BCUT2D eigenvalue weighted by atomic mass is 79.9. The van der Waals surface area contributed by atoms with E-state index in [1.165, 1.54) is 4.90 Å². The van der Waals surface area contributed by atoms with E-state index in [9.17, 15) is 23.5 Å². The van der Waals surface area contributed by atoms with Crippen molar-refractivity contribution in [3.05, 3.63) is 45.2 Å². The number of hydrogen-bond donors (Lipinski definition) is 2. The van der Waals surface area contributed by atoms with Crippen LogP contribution >= 0.6 is 15.9 Å². The van der Waals surface area contributed by atoms with Gasteiger partial charge in [-0.25, -0.2) is 13.6 Å². The number of aromatic nitrogens is 2. The number of rotatable bonds is 3. The molecule has 2 aliphatic rings. The van der Waals surface area contributed by atoms with Crippen LogP contribution in [0.1, 0.15) is 35.1 Å². The third-order valence-corrected chi connectivity index (χ3v) is 6.82. The first-order valence-corrected chi connectivity index (χ1v) is 11.2. The molecule has 8 nitrogen and oxygen atoms in total. The molecule has 1 aromatic carbocycles. The van der Waals surface area contributed by atoms with Gasteiger partial charge in [0, 0.05) is 44.6 Å². The molecule has 3 heterocycles. The number of anilines is 1. The first-order valence-electron chi connectivity index (χ1n) is 10.4. The number of nitrogens with zero attached hydrogens (tertiary/aromatic N) is 4. The Morgan fingerprint density at radius 1 is 1.38 bits per heavy atom. The Balaban J connectivity index is 1.58. The lowest BCUT2D eigenvalue weighted by Crippen LogP contribution is -2.40. The van der Waals surface area contributed by atoms with E-state index >= 15 is 0 Å². The largest absolute Gasteiger partial charge is 0.393 e. The van der Waals surface area contributed by atoms with Gasteiger partial charge in [-0.3, -0.25) is 9.48 Å². The molecule has 0 bridgehead atoms. The fourth-order valence-corrected chi connectivity index (χ4v) is 4.61. The van der Waals surface area contributed by atoms with Gasteiger partial charge in [0.25, 0.3) is 5.91 Å². The molecule has 0 spiro atoms. The standard InChI is InChI=1S/C21H24BrF2N5O3/c1-3-16(30)11-8-27(2)20(31)19-12-10-28(7-6-14(12)26-29(19)9-11)21(32)25-15-5-4-13(23)17(22)18(15)24/h4-5,11,16,30H,3,6-10H2,1-2H3,(H,25,32)/t11-,16+/m1/s1. The smallest absolute Gasteiger partial charge is 0.322 e. The second kappa shape index (κ2) is 8.78. The summed E-state index contributed by atoms with van der Waals surface area (Å²) in [4.78, 5) is 28.9. The third-order valence-electron chi connectivity index (χ3n) is 6.09. The van der Waals surface area contributed by atoms with Crippen LogP contribution in [-0.4, -0.2) is 62.9 Å². The number of carbonyl (C=O) groups is 2. The first-order chi connectivity index (χ1) is 15.2. The van der Waals surface area contributed by atoms with E-state index in [1.54, 1.807) is 16.6 Å². The number of urea groups is 1. The highest BCUT2D eigenvalue weighted by Crippen LogP contribution is 2.29. The summed E-state index contributed by atoms with van der Waals surface area (Å²) in [6.45, 7) is 3.19. The van der Waals surface area contributed by atoms with Gasteiger partial charge in [-0.2, -0.15) is 5.10 Å². The van der Waals surface area contributed by atoms with Gasteiger partial charge in [-0.1, -0.05) is 6.92 Å². The van der Waals surface area contributed by atoms with E-state index in [4.69, 9.17) is 0 Å². The second-order valence-corrected chi connectivity index (χ2v) is 8.99. The van der Waals surface area contributed by atoms with Gasteiger partial charge < -0.3 is 20.2 Å². The SMILES string of the molecule is CC[C@H](O)[C@@H]1CN(C)C(=O)c2c3c(nn2C1)CCN(C(=O)Nc1ccc(F)c(Br)c1F)C3. The van der Waals surface area contributed by atoms with Crippen LogP contribution in [0.4, 0.5) is 19.3 Å². The maximum atomic E-state index is 14.3. The lowest BCUT2D eigenvalue weighted by atomic mass is 10.0. The molecular formula is C21H24BrF2N5O3. The zero-order chi connectivity index (χ0) is 23.2. The van der Waals surface area contributed by atoms with Crippen LogP contribution in [0.2, 0.25) is 0 Å². The summed E-state index contributed by atoms with van der Waals surface area (Å²) < 4.78 is 29.0. The number of benzene rings is 1. The van der Waals surface area contributed by atoms with Crippen LogP contribution in [0.15, 0.2) is 16.6 Å². The number of halogens is 3. The van der Waals surface area contributed by atoms with Crippen molar-refractivity contribution in [1.82, 2.24) is 19.6 Å². The monoisotopic (exact) mass is 511 g/mol. The Labute approximate surface area is 192 Å². The molecule has 11 heteroatoms. The van der Waals surface area contributed by atoms with Crippen molar-refractivity contribution in [3.8, 4) is 0 Å². The van der Waals surface area contributed by atoms with E-state index in [0.29, 0.717) is 43.7 Å². The average molecular weight is 512 g/mol. The summed E-state index contributed by atoms with van der Waals surface area (Å²) in [5.74, 6) is -2.01. The minimum absolute atomic E-state index is 0.140. The quantitative estimate of drug-likeness (QED) is 0.619. The summed E-state index contributed by atoms with van der Waals surface area (Å²) >= 11 is 2.83. The Morgan fingerprint density at radius 2 is 2.12 bits per heavy atom. The zero-order valence-corrected chi connectivity index (χ0v) is 19.3. The van der Waals surface area contributed by atoms with Crippen molar-refractivity contribution in [1.29, 1.82) is 0 Å². The van der Waals surface area contributed by atoms with E-state index in [-0.39, 0.29) is 28.5 Å².